The summed E-state index contributed by atoms with van der Waals surface area (Å²) in [6.07, 6.45) is 7.61. The average Bonchev–Trinajstić information content (AvgIpc) is 2.99. The molecule has 2 aromatic rings. The number of hydrogen-bond acceptors (Lipinski definition) is 4. The van der Waals surface area contributed by atoms with E-state index in [0.717, 1.165) is 84.7 Å². The van der Waals surface area contributed by atoms with Crippen molar-refractivity contribution in [2.45, 2.75) is 152 Å². The van der Waals surface area contributed by atoms with Crippen molar-refractivity contribution in [3.8, 4) is 0 Å². The summed E-state index contributed by atoms with van der Waals surface area (Å²) in [4.78, 5) is 26.0. The lowest BCUT2D eigenvalue weighted by molar-refractivity contribution is -0.158. The molecule has 7 heteroatoms. The first-order valence-electron chi connectivity index (χ1n) is 17.9. The number of aliphatic carboxylic acids is 2. The van der Waals surface area contributed by atoms with Gasteiger partial charge in [-0.05, 0) is 145 Å². The van der Waals surface area contributed by atoms with Crippen molar-refractivity contribution in [2.24, 2.45) is 22.7 Å². The van der Waals surface area contributed by atoms with E-state index in [4.69, 9.17) is 0 Å². The van der Waals surface area contributed by atoms with Crippen LogP contribution in [0.1, 0.15) is 152 Å². The molecular formula is C40H54O6S. The molecular weight excluding hydrogens is 609 g/mol. The molecule has 2 N–H and O–H groups in total. The third-order valence-corrected chi connectivity index (χ3v) is 15.6. The lowest BCUT2D eigenvalue weighted by Crippen LogP contribution is -2.52. The molecule has 0 saturated heterocycles. The predicted molar refractivity (Wildman–Crippen MR) is 184 cm³/mol. The molecule has 6 nitrogen and oxygen atoms in total. The van der Waals surface area contributed by atoms with Gasteiger partial charge in [-0.25, -0.2) is 8.42 Å². The third kappa shape index (κ3) is 4.87. The maximum Gasteiger partial charge on any atom is 0.309 e. The average molecular weight is 663 g/mol. The first kappa shape index (κ1) is 34.2. The van der Waals surface area contributed by atoms with Gasteiger partial charge in [0.1, 0.15) is 0 Å². The summed E-state index contributed by atoms with van der Waals surface area (Å²) in [5.74, 6) is -1.71. The van der Waals surface area contributed by atoms with Gasteiger partial charge in [-0.15, -0.1) is 0 Å². The van der Waals surface area contributed by atoms with Crippen LogP contribution < -0.4 is 0 Å². The van der Waals surface area contributed by atoms with Crippen molar-refractivity contribution < 1.29 is 28.2 Å². The van der Waals surface area contributed by atoms with Crippen LogP contribution in [0.2, 0.25) is 0 Å². The maximum absolute atomic E-state index is 15.3. The fraction of sp³-hybridized carbons (Fsp3) is 0.650. The summed E-state index contributed by atoms with van der Waals surface area (Å²) in [5.41, 5.74) is 3.39. The zero-order valence-corrected chi connectivity index (χ0v) is 30.4. The van der Waals surface area contributed by atoms with Crippen LogP contribution in [0.3, 0.4) is 0 Å². The van der Waals surface area contributed by atoms with Gasteiger partial charge in [-0.2, -0.15) is 0 Å². The summed E-state index contributed by atoms with van der Waals surface area (Å²) in [7, 11) is -4.01. The number of carbonyl (C=O) groups is 2. The first-order chi connectivity index (χ1) is 21.8. The highest BCUT2D eigenvalue weighted by atomic mass is 32.2. The van der Waals surface area contributed by atoms with Crippen LogP contribution in [0, 0.1) is 22.7 Å². The highest BCUT2D eigenvalue weighted by Crippen LogP contribution is 2.60. The van der Waals surface area contributed by atoms with Crippen LogP contribution in [-0.2, 0) is 43.1 Å². The molecule has 4 aliphatic carbocycles. The normalized spacial score (nSPS) is 33.5. The van der Waals surface area contributed by atoms with Crippen LogP contribution in [0.5, 0.6) is 0 Å². The van der Waals surface area contributed by atoms with Crippen LogP contribution in [0.15, 0.2) is 34.1 Å². The van der Waals surface area contributed by atoms with E-state index >= 15 is 8.42 Å². The molecule has 6 unspecified atom stereocenters. The van der Waals surface area contributed by atoms with Gasteiger partial charge < -0.3 is 10.2 Å². The number of sulfone groups is 1. The van der Waals surface area contributed by atoms with E-state index in [2.05, 4.69) is 26.0 Å². The van der Waals surface area contributed by atoms with Crippen LogP contribution in [0.4, 0.5) is 0 Å². The lowest BCUT2D eigenvalue weighted by Gasteiger charge is -2.54. The Morgan fingerprint density at radius 1 is 0.660 bits per heavy atom. The second kappa shape index (κ2) is 11.2. The Balaban J connectivity index is 1.56. The minimum Gasteiger partial charge on any atom is -0.481 e. The molecule has 0 spiro atoms. The zero-order chi connectivity index (χ0) is 34.5. The molecule has 4 aliphatic rings. The molecule has 0 aliphatic heterocycles. The van der Waals surface area contributed by atoms with Gasteiger partial charge in [-0.3, -0.25) is 9.59 Å². The largest absolute Gasteiger partial charge is 0.481 e. The molecule has 0 radical (unpaired) electrons. The van der Waals surface area contributed by atoms with Crippen molar-refractivity contribution >= 4 is 21.8 Å². The topological polar surface area (TPSA) is 109 Å². The van der Waals surface area contributed by atoms with Crippen LogP contribution in [-0.4, -0.2) is 30.6 Å². The summed E-state index contributed by atoms with van der Waals surface area (Å²) < 4.78 is 30.5. The minimum absolute atomic E-state index is 0.0251. The van der Waals surface area contributed by atoms with Crippen molar-refractivity contribution in [3.05, 3.63) is 57.6 Å². The fourth-order valence-corrected chi connectivity index (χ4v) is 13.0. The highest BCUT2D eigenvalue weighted by molar-refractivity contribution is 7.91. The fourth-order valence-electron chi connectivity index (χ4n) is 11.0. The van der Waals surface area contributed by atoms with Crippen LogP contribution >= 0.6 is 0 Å². The van der Waals surface area contributed by atoms with E-state index in [0.29, 0.717) is 22.6 Å². The van der Waals surface area contributed by atoms with Gasteiger partial charge in [0.15, 0.2) is 0 Å². The first-order valence-corrected chi connectivity index (χ1v) is 19.4. The molecule has 0 bridgehead atoms. The van der Waals surface area contributed by atoms with Crippen molar-refractivity contribution in [1.82, 2.24) is 0 Å². The number of hydrogen-bond donors (Lipinski definition) is 2. The van der Waals surface area contributed by atoms with E-state index in [1.807, 2.05) is 53.7 Å². The molecule has 0 heterocycles. The van der Waals surface area contributed by atoms with Crippen LogP contribution in [0.25, 0.3) is 0 Å². The van der Waals surface area contributed by atoms with Gasteiger partial charge in [0.25, 0.3) is 0 Å². The smallest absolute Gasteiger partial charge is 0.309 e. The summed E-state index contributed by atoms with van der Waals surface area (Å²) >= 11 is 0. The molecule has 2 aromatic carbocycles. The molecule has 6 rings (SSSR count). The Morgan fingerprint density at radius 3 is 1.34 bits per heavy atom. The summed E-state index contributed by atoms with van der Waals surface area (Å²) in [6.45, 7) is 16.3. The molecule has 0 amide bonds. The molecule has 47 heavy (non-hydrogen) atoms. The molecule has 6 atom stereocenters. The van der Waals surface area contributed by atoms with E-state index in [1.165, 1.54) is 0 Å². The van der Waals surface area contributed by atoms with E-state index < -0.39 is 43.4 Å². The van der Waals surface area contributed by atoms with Crippen molar-refractivity contribution in [1.29, 1.82) is 0 Å². The van der Waals surface area contributed by atoms with Crippen molar-refractivity contribution in [2.75, 3.05) is 0 Å². The van der Waals surface area contributed by atoms with Gasteiger partial charge in [-0.1, -0.05) is 66.5 Å². The number of carboxylic acids is 2. The second-order valence-corrected chi connectivity index (χ2v) is 19.0. The third-order valence-electron chi connectivity index (χ3n) is 13.8. The van der Waals surface area contributed by atoms with E-state index in [9.17, 15) is 19.8 Å². The van der Waals surface area contributed by atoms with Crippen molar-refractivity contribution in [3.63, 3.8) is 0 Å². The number of benzene rings is 2. The number of carboxylic acid groups (broad SMARTS) is 2. The predicted octanol–water partition coefficient (Wildman–Crippen LogP) is 8.96. The number of aryl methyl sites for hydroxylation is 2. The molecule has 2 saturated carbocycles. The second-order valence-electron chi connectivity index (χ2n) is 17.1. The monoisotopic (exact) mass is 662 g/mol. The SMILES string of the molecule is CC(C)c1cc2c(cc1S(=O)(=O)c1cc3c(cc1C(C)C)CCC1C(C)(C(=O)O)CCCC31C)C1(C)CCCC(C)(C(=O)O)C1CC2. The van der Waals surface area contributed by atoms with Gasteiger partial charge in [0.05, 0.1) is 20.6 Å². The maximum atomic E-state index is 15.3. The minimum atomic E-state index is -4.01. The lowest BCUT2D eigenvalue weighted by atomic mass is 9.50. The Hall–Kier alpha value is -2.67. The van der Waals surface area contributed by atoms with E-state index in [-0.39, 0.29) is 23.7 Å². The summed E-state index contributed by atoms with van der Waals surface area (Å²) in [5, 5.41) is 20.7. The Kier molecular flexibility index (Phi) is 8.14. The quantitative estimate of drug-likeness (QED) is 0.320. The Bertz CT molecular complexity index is 1630. The van der Waals surface area contributed by atoms with Gasteiger partial charge in [0, 0.05) is 0 Å². The Labute approximate surface area is 281 Å². The van der Waals surface area contributed by atoms with Gasteiger partial charge >= 0.3 is 11.9 Å². The number of rotatable bonds is 6. The van der Waals surface area contributed by atoms with Gasteiger partial charge in [0.2, 0.25) is 9.84 Å². The summed E-state index contributed by atoms with van der Waals surface area (Å²) in [6, 6.07) is 8.11. The van der Waals surface area contributed by atoms with E-state index in [1.54, 1.807) is 0 Å². The highest BCUT2D eigenvalue weighted by Gasteiger charge is 2.57. The molecule has 256 valence electrons. The standard InChI is InChI=1S/C40H54O6S/c1-23(2)27-19-25-11-13-33-37(5,15-9-17-39(33,7)35(41)42)29(25)21-31(27)47(45,46)32-22-30-26(20-28(32)24(3)4)12-14-34-38(30,6)16-10-18-40(34,8)36(43)44/h19-24,33-34H,9-18H2,1-8H3,(H,41,42)(H,43,44). The molecule has 0 aromatic heterocycles. The number of fused-ring (bicyclic) bond motifs is 6. The Morgan fingerprint density at radius 2 is 1.02 bits per heavy atom. The molecule has 2 fully saturated rings. The zero-order valence-electron chi connectivity index (χ0n) is 29.6.